The summed E-state index contributed by atoms with van der Waals surface area (Å²) in [6.07, 6.45) is -14.9. The van der Waals surface area contributed by atoms with Gasteiger partial charge < -0.3 is 70.0 Å². The molecule has 5 aromatic rings. The van der Waals surface area contributed by atoms with Gasteiger partial charge in [-0.3, -0.25) is 51.4 Å². The number of methoxy groups -OCH3 is 2. The van der Waals surface area contributed by atoms with Crippen molar-refractivity contribution >= 4 is 65.4 Å². The summed E-state index contributed by atoms with van der Waals surface area (Å²) in [4.78, 5) is 99.1. The van der Waals surface area contributed by atoms with E-state index in [0.29, 0.717) is 0 Å². The summed E-state index contributed by atoms with van der Waals surface area (Å²) >= 11 is 0. The van der Waals surface area contributed by atoms with Crippen LogP contribution in [0.3, 0.4) is 0 Å². The third-order valence-corrected chi connectivity index (χ3v) is 16.4. The SMILES string of the molecule is CO[C@@H]1C(O)[C@H]([n+]2cn(C)c3c(=O)[nH]c(N)nc32)O[C@@H]1COP(=O)(O)OP(=O)(O)OP(=O)(O)OC[C@H]1O[C@@H](n2cnc3c(N)ncnc32)[C@@H](OC)C1OP(=O)(O)OC[C@H]1O[C@@H](n2ccc(=O)[nH]c2=O)[C@@H](O)C1O. The van der Waals surface area contributed by atoms with E-state index in [9.17, 15) is 67.5 Å². The molecule has 73 heavy (non-hydrogen) atoms. The number of H-pyrrole nitrogens is 2. The third kappa shape index (κ3) is 11.5. The molecule has 3 fully saturated rings. The lowest BCUT2D eigenvalue weighted by Crippen LogP contribution is -2.46. The number of rotatable bonds is 20. The molecule has 0 bridgehead atoms. The molecule has 0 radical (unpaired) electrons. The number of nitrogens with zero attached hydrogens (tertiary/aromatic N) is 8. The minimum Gasteiger partial charge on any atom is -0.387 e. The molecule has 0 spiro atoms. The van der Waals surface area contributed by atoms with Crippen molar-refractivity contribution in [2.75, 3.05) is 45.5 Å². The molecule has 37 nitrogen and oxygen atoms in total. The number of anilines is 2. The number of nitrogen functional groups attached to an aromatic ring is 2. The molecule has 41 heteroatoms. The van der Waals surface area contributed by atoms with Gasteiger partial charge in [-0.25, -0.2) is 42.6 Å². The van der Waals surface area contributed by atoms with Crippen LogP contribution in [-0.2, 0) is 75.7 Å². The summed E-state index contributed by atoms with van der Waals surface area (Å²) in [5, 5.41) is 32.3. The highest BCUT2D eigenvalue weighted by atomic mass is 31.3. The fourth-order valence-corrected chi connectivity index (χ4v) is 12.5. The van der Waals surface area contributed by atoms with Gasteiger partial charge in [-0.2, -0.15) is 8.62 Å². The molecule has 0 aromatic carbocycles. The maximum Gasteiger partial charge on any atom is 0.490 e. The zero-order valence-corrected chi connectivity index (χ0v) is 41.0. The van der Waals surface area contributed by atoms with Gasteiger partial charge in [-0.15, -0.1) is 0 Å². The first-order valence-corrected chi connectivity index (χ1v) is 26.6. The highest BCUT2D eigenvalue weighted by Gasteiger charge is 2.54. The quantitative estimate of drug-likeness (QED) is 0.0260. The number of fused-ring (bicyclic) bond motifs is 2. The molecule has 16 atom stereocenters. The summed E-state index contributed by atoms with van der Waals surface area (Å²) in [6, 6.07) is 0.924. The molecule has 402 valence electrons. The van der Waals surface area contributed by atoms with Crippen molar-refractivity contribution in [2.24, 2.45) is 7.05 Å². The van der Waals surface area contributed by atoms with Crippen molar-refractivity contribution in [1.82, 2.24) is 43.6 Å². The smallest absolute Gasteiger partial charge is 0.387 e. The molecule has 0 aliphatic carbocycles. The number of phosphoric acid groups is 4. The second-order valence-corrected chi connectivity index (χ2v) is 22.0. The first-order chi connectivity index (χ1) is 34.2. The van der Waals surface area contributed by atoms with E-state index in [-0.39, 0.29) is 34.1 Å². The van der Waals surface area contributed by atoms with E-state index in [1.165, 1.54) is 27.1 Å². The Morgan fingerprint density at radius 1 is 0.740 bits per heavy atom. The average Bonchev–Trinajstić information content (AvgIpc) is 4.09. The van der Waals surface area contributed by atoms with E-state index in [0.717, 1.165) is 43.7 Å². The fraction of sp³-hybridized carbons (Fsp3) is 0.562. The lowest BCUT2D eigenvalue weighted by atomic mass is 10.1. The number of nitrogens with two attached hydrogens (primary N) is 2. The first kappa shape index (κ1) is 54.6. The second-order valence-electron chi connectivity index (χ2n) is 15.9. The van der Waals surface area contributed by atoms with Gasteiger partial charge in [0.1, 0.15) is 66.8 Å². The molecule has 0 amide bonds. The van der Waals surface area contributed by atoms with Gasteiger partial charge in [0.05, 0.1) is 33.2 Å². The van der Waals surface area contributed by atoms with Crippen LogP contribution in [0.15, 0.2) is 45.6 Å². The minimum absolute atomic E-state index is 0.00760. The fourth-order valence-electron chi connectivity index (χ4n) is 8.06. The van der Waals surface area contributed by atoms with E-state index in [1.807, 2.05) is 4.98 Å². The van der Waals surface area contributed by atoms with Crippen LogP contribution in [0.5, 0.6) is 0 Å². The van der Waals surface area contributed by atoms with Crippen molar-refractivity contribution in [2.45, 2.75) is 73.6 Å². The molecular weight excluding hydrogens is 1080 g/mol. The first-order valence-electron chi connectivity index (χ1n) is 20.6. The van der Waals surface area contributed by atoms with Crippen molar-refractivity contribution in [1.29, 1.82) is 0 Å². The van der Waals surface area contributed by atoms with Gasteiger partial charge in [0, 0.05) is 26.5 Å². The molecule has 7 unspecified atom stereocenters. The molecule has 5 aromatic heterocycles. The van der Waals surface area contributed by atoms with Crippen LogP contribution in [0, 0.1) is 0 Å². The van der Waals surface area contributed by atoms with Gasteiger partial charge in [0.2, 0.25) is 11.7 Å². The average molecular weight is 1120 g/mol. The number of aromatic amines is 2. The standard InChI is InChI=1S/C32H44N12O25P4/c1-41-11-44(26-17(41)27(49)40-31(34)39-26)29-20(48)21(59-2)13(65-29)7-62-71(53,54)68-73(57,58)69-72(55,56)63-8-14-22(23(60-3)30(66-14)43-10-37-16-24(33)35-9-36-25(16)43)67-70(51,52)61-6-12-18(46)19(47)28(64-12)42-5-4-15(45)38-32(42)50/h4-5,9-14,18-23,28-30,46-48H,6-8H2,1-3H3,(H9-,33,34,35,36,38,39,40,45,49,50,51,52,53,54,55,56,57,58)/p+1/t12-,13-,14-,18?,19+,20?,21+,22?,23+,28-,29-,30-/m1/s1. The van der Waals surface area contributed by atoms with Crippen LogP contribution in [0.2, 0.25) is 0 Å². The lowest BCUT2D eigenvalue weighted by Gasteiger charge is -2.26. The van der Waals surface area contributed by atoms with Gasteiger partial charge in [-0.1, -0.05) is 4.98 Å². The molecule has 3 aliphatic rings. The summed E-state index contributed by atoms with van der Waals surface area (Å²) < 4.78 is 114. The monoisotopic (exact) mass is 1120 g/mol. The predicted molar refractivity (Wildman–Crippen MR) is 233 cm³/mol. The maximum absolute atomic E-state index is 13.6. The number of hydrogen-bond acceptors (Lipinski definition) is 27. The molecule has 0 saturated carbocycles. The van der Waals surface area contributed by atoms with Crippen LogP contribution in [0.1, 0.15) is 18.7 Å². The number of hydrogen-bond donors (Lipinski definition) is 11. The number of aliphatic hydroxyl groups excluding tert-OH is 3. The van der Waals surface area contributed by atoms with Gasteiger partial charge in [0.25, 0.3) is 17.1 Å². The molecule has 3 saturated heterocycles. The zero-order valence-electron chi connectivity index (χ0n) is 37.4. The van der Waals surface area contributed by atoms with Crippen LogP contribution < -0.4 is 32.8 Å². The predicted octanol–water partition coefficient (Wildman–Crippen LogP) is -4.22. The molecule has 8 heterocycles. The van der Waals surface area contributed by atoms with Gasteiger partial charge >= 0.3 is 42.6 Å². The van der Waals surface area contributed by atoms with Crippen LogP contribution in [0.4, 0.5) is 11.8 Å². The van der Waals surface area contributed by atoms with Crippen LogP contribution in [-0.4, -0.2) is 167 Å². The maximum atomic E-state index is 13.6. The third-order valence-electron chi connectivity index (χ3n) is 11.2. The number of phosphoric ester groups is 3. The Kier molecular flexibility index (Phi) is 15.6. The van der Waals surface area contributed by atoms with E-state index < -0.39 is 142 Å². The number of aliphatic hydroxyl groups is 3. The highest BCUT2D eigenvalue weighted by molar-refractivity contribution is 7.66. The minimum atomic E-state index is -6.18. The molecule has 13 N–H and O–H groups in total. The summed E-state index contributed by atoms with van der Waals surface area (Å²) in [6.45, 7) is -3.29. The molecule has 8 rings (SSSR count). The summed E-state index contributed by atoms with van der Waals surface area (Å²) in [5.74, 6) is -0.365. The van der Waals surface area contributed by atoms with Crippen LogP contribution >= 0.6 is 31.3 Å². The molecular formula is C32H45N12O25P4+. The van der Waals surface area contributed by atoms with Crippen molar-refractivity contribution in [3.8, 4) is 0 Å². The Balaban J connectivity index is 0.935. The van der Waals surface area contributed by atoms with Crippen molar-refractivity contribution < 1.29 is 108 Å². The number of aromatic nitrogens is 10. The Hall–Kier alpha value is -4.62. The van der Waals surface area contributed by atoms with Crippen molar-refractivity contribution in [3.63, 3.8) is 0 Å². The Morgan fingerprint density at radius 2 is 1.36 bits per heavy atom. The van der Waals surface area contributed by atoms with E-state index in [4.69, 9.17) is 53.2 Å². The number of ether oxygens (including phenoxy) is 5. The van der Waals surface area contributed by atoms with Crippen molar-refractivity contribution in [3.05, 3.63) is 62.4 Å². The van der Waals surface area contributed by atoms with E-state index in [2.05, 4.69) is 33.5 Å². The number of imidazole rings is 2. The Bertz CT molecular complexity index is 3240. The summed E-state index contributed by atoms with van der Waals surface area (Å²) in [7, 11) is -19.7. The molecule has 3 aliphatic heterocycles. The summed E-state index contributed by atoms with van der Waals surface area (Å²) in [5.41, 5.74) is 9.20. The Morgan fingerprint density at radius 3 is 2.00 bits per heavy atom. The van der Waals surface area contributed by atoms with Gasteiger partial charge in [-0.05, 0) is 0 Å². The number of aryl methyl sites for hydroxylation is 1. The highest BCUT2D eigenvalue weighted by Crippen LogP contribution is 2.68. The normalized spacial score (nSPS) is 30.9. The van der Waals surface area contributed by atoms with Gasteiger partial charge in [0.15, 0.2) is 30.2 Å². The van der Waals surface area contributed by atoms with E-state index in [1.54, 1.807) is 0 Å². The zero-order chi connectivity index (χ0) is 53.1. The lowest BCUT2D eigenvalue weighted by molar-refractivity contribution is -0.745. The Labute approximate surface area is 405 Å². The second kappa shape index (κ2) is 20.8. The largest absolute Gasteiger partial charge is 0.490 e. The van der Waals surface area contributed by atoms with E-state index >= 15 is 0 Å². The topological polar surface area (TPSA) is 516 Å². The van der Waals surface area contributed by atoms with Crippen LogP contribution in [0.25, 0.3) is 22.3 Å². The number of nitrogens with one attached hydrogen (secondary N) is 2.